The summed E-state index contributed by atoms with van der Waals surface area (Å²) in [5.41, 5.74) is 2.41. The van der Waals surface area contributed by atoms with Crippen LogP contribution < -0.4 is 0 Å². The van der Waals surface area contributed by atoms with E-state index in [9.17, 15) is 16.8 Å². The number of benzene rings is 2. The molecular weight excluding hydrogens is 398 g/mol. The van der Waals surface area contributed by atoms with Crippen molar-refractivity contribution in [1.29, 1.82) is 0 Å². The van der Waals surface area contributed by atoms with Crippen LogP contribution in [0.15, 0.2) is 65.6 Å². The molecule has 0 fully saturated rings. The zero-order chi connectivity index (χ0) is 20.2. The van der Waals surface area contributed by atoms with Crippen molar-refractivity contribution in [2.75, 3.05) is 32.6 Å². The summed E-state index contributed by atoms with van der Waals surface area (Å²) in [4.78, 5) is 0.106. The minimum absolute atomic E-state index is 0.100. The summed E-state index contributed by atoms with van der Waals surface area (Å²) in [5.74, 6) is -0.315. The molecule has 1 heterocycles. The summed E-state index contributed by atoms with van der Waals surface area (Å²) < 4.78 is 56.5. The van der Waals surface area contributed by atoms with Crippen molar-refractivity contribution >= 4 is 25.4 Å². The van der Waals surface area contributed by atoms with Crippen molar-refractivity contribution in [3.63, 3.8) is 0 Å². The largest absolute Gasteiger partial charge is 0.384 e. The van der Waals surface area contributed by atoms with E-state index in [1.165, 1.54) is 23.5 Å². The van der Waals surface area contributed by atoms with E-state index >= 15 is 0 Å². The molecule has 6 nitrogen and oxygen atoms in total. The molecule has 0 aliphatic carbocycles. The predicted octanol–water partition coefficient (Wildman–Crippen LogP) is 2.34. The van der Waals surface area contributed by atoms with E-state index in [-0.39, 0.29) is 23.0 Å². The first-order chi connectivity index (χ1) is 13.3. The maximum absolute atomic E-state index is 13.0. The Morgan fingerprint density at radius 2 is 1.75 bits per heavy atom. The molecule has 0 atom stereocenters. The summed E-state index contributed by atoms with van der Waals surface area (Å²) in [6.07, 6.45) is 1.91. The molecule has 0 amide bonds. The van der Waals surface area contributed by atoms with Crippen LogP contribution in [0, 0.1) is 0 Å². The topological polar surface area (TPSA) is 80.8 Å². The van der Waals surface area contributed by atoms with E-state index in [0.29, 0.717) is 18.7 Å². The van der Waals surface area contributed by atoms with Gasteiger partial charge in [0.1, 0.15) is 0 Å². The average molecular weight is 422 g/mol. The van der Waals surface area contributed by atoms with Gasteiger partial charge in [0.15, 0.2) is 9.84 Å². The Kier molecular flexibility index (Phi) is 6.34. The van der Waals surface area contributed by atoms with Crippen molar-refractivity contribution in [2.45, 2.75) is 10.6 Å². The van der Waals surface area contributed by atoms with E-state index in [1.54, 1.807) is 12.1 Å². The van der Waals surface area contributed by atoms with Crippen LogP contribution >= 0.6 is 0 Å². The van der Waals surface area contributed by atoms with Gasteiger partial charge in [-0.1, -0.05) is 48.5 Å². The fourth-order valence-electron chi connectivity index (χ4n) is 3.06. The summed E-state index contributed by atoms with van der Waals surface area (Å²) in [6, 6.07) is 15.8. The standard InChI is InChI=1S/C20H23NO5S2/c1-26-12-13-27(22,23)16-17-6-5-9-20(14-17)28(24,25)21-11-10-19(15-21)18-7-3-2-4-8-18/h2-10,14H,11-13,15-16H2,1H3. The van der Waals surface area contributed by atoms with Crippen LogP contribution in [-0.4, -0.2) is 53.7 Å². The third-order valence-corrected chi connectivity index (χ3v) is 7.92. The van der Waals surface area contributed by atoms with E-state index in [1.807, 2.05) is 36.4 Å². The highest BCUT2D eigenvalue weighted by atomic mass is 32.2. The van der Waals surface area contributed by atoms with Crippen LogP contribution in [0.1, 0.15) is 11.1 Å². The Morgan fingerprint density at radius 3 is 2.46 bits per heavy atom. The second kappa shape index (κ2) is 8.57. The molecule has 0 unspecified atom stereocenters. The molecule has 0 saturated carbocycles. The number of hydrogen-bond donors (Lipinski definition) is 0. The van der Waals surface area contributed by atoms with Gasteiger partial charge in [-0.2, -0.15) is 4.31 Å². The van der Waals surface area contributed by atoms with Gasteiger partial charge in [0.2, 0.25) is 10.0 Å². The van der Waals surface area contributed by atoms with E-state index in [4.69, 9.17) is 4.74 Å². The Morgan fingerprint density at radius 1 is 1.00 bits per heavy atom. The fourth-order valence-corrected chi connectivity index (χ4v) is 5.74. The lowest BCUT2D eigenvalue weighted by molar-refractivity contribution is 0.217. The van der Waals surface area contributed by atoms with Crippen LogP contribution in [-0.2, 0) is 30.4 Å². The predicted molar refractivity (Wildman–Crippen MR) is 109 cm³/mol. The molecule has 2 aromatic carbocycles. The van der Waals surface area contributed by atoms with Gasteiger partial charge in [-0.25, -0.2) is 16.8 Å². The summed E-state index contributed by atoms with van der Waals surface area (Å²) in [7, 11) is -5.64. The normalized spacial score (nSPS) is 15.5. The highest BCUT2D eigenvalue weighted by molar-refractivity contribution is 7.90. The van der Waals surface area contributed by atoms with Gasteiger partial charge in [0.25, 0.3) is 0 Å². The summed E-state index contributed by atoms with van der Waals surface area (Å²) in [6.45, 7) is 0.702. The number of sulfonamides is 1. The maximum Gasteiger partial charge on any atom is 0.243 e. The fraction of sp³-hybridized carbons (Fsp3) is 0.300. The number of rotatable bonds is 8. The molecule has 3 rings (SSSR count). The van der Waals surface area contributed by atoms with Gasteiger partial charge in [0, 0.05) is 20.2 Å². The number of nitrogens with zero attached hydrogens (tertiary/aromatic N) is 1. The lowest BCUT2D eigenvalue weighted by Crippen LogP contribution is -2.29. The van der Waals surface area contributed by atoms with E-state index in [0.717, 1.165) is 11.1 Å². The molecule has 0 saturated heterocycles. The van der Waals surface area contributed by atoms with Crippen molar-refractivity contribution in [3.8, 4) is 0 Å². The quantitative estimate of drug-likeness (QED) is 0.654. The Labute approximate surface area is 166 Å². The van der Waals surface area contributed by atoms with Gasteiger partial charge in [-0.05, 0) is 28.8 Å². The molecule has 0 N–H and O–H groups in total. The lowest BCUT2D eigenvalue weighted by Gasteiger charge is -2.17. The third-order valence-electron chi connectivity index (χ3n) is 4.55. The molecule has 0 radical (unpaired) electrons. The molecular formula is C20H23NO5S2. The molecule has 8 heteroatoms. The molecule has 0 spiro atoms. The van der Waals surface area contributed by atoms with Gasteiger partial charge >= 0.3 is 0 Å². The first-order valence-electron chi connectivity index (χ1n) is 8.85. The average Bonchev–Trinajstić information content (AvgIpc) is 3.18. The third kappa shape index (κ3) is 4.88. The zero-order valence-electron chi connectivity index (χ0n) is 15.6. The SMILES string of the molecule is COCCS(=O)(=O)Cc1cccc(S(=O)(=O)N2CC=C(c3ccccc3)C2)c1. The Hall–Kier alpha value is -2.00. The Balaban J connectivity index is 1.76. The van der Waals surface area contributed by atoms with Crippen molar-refractivity contribution < 1.29 is 21.6 Å². The van der Waals surface area contributed by atoms with Gasteiger partial charge in [-0.3, -0.25) is 0 Å². The minimum Gasteiger partial charge on any atom is -0.384 e. The summed E-state index contributed by atoms with van der Waals surface area (Å²) >= 11 is 0. The number of sulfone groups is 1. The van der Waals surface area contributed by atoms with Crippen LogP contribution in [0.5, 0.6) is 0 Å². The monoisotopic (exact) mass is 421 g/mol. The first-order valence-corrected chi connectivity index (χ1v) is 12.1. The number of methoxy groups -OCH3 is 1. The van der Waals surface area contributed by atoms with Crippen molar-refractivity contribution in [2.24, 2.45) is 0 Å². The lowest BCUT2D eigenvalue weighted by atomic mass is 10.1. The highest BCUT2D eigenvalue weighted by Gasteiger charge is 2.28. The van der Waals surface area contributed by atoms with Gasteiger partial charge in [-0.15, -0.1) is 0 Å². The van der Waals surface area contributed by atoms with Crippen LogP contribution in [0.25, 0.3) is 5.57 Å². The van der Waals surface area contributed by atoms with E-state index < -0.39 is 19.9 Å². The molecule has 0 bridgehead atoms. The second-order valence-corrected chi connectivity index (χ2v) is 10.7. The number of hydrogen-bond acceptors (Lipinski definition) is 5. The zero-order valence-corrected chi connectivity index (χ0v) is 17.2. The van der Waals surface area contributed by atoms with Crippen LogP contribution in [0.2, 0.25) is 0 Å². The molecule has 1 aliphatic rings. The second-order valence-electron chi connectivity index (χ2n) is 6.63. The van der Waals surface area contributed by atoms with E-state index in [2.05, 4.69) is 0 Å². The molecule has 28 heavy (non-hydrogen) atoms. The maximum atomic E-state index is 13.0. The molecule has 0 aromatic heterocycles. The van der Waals surface area contributed by atoms with Crippen molar-refractivity contribution in [1.82, 2.24) is 4.31 Å². The van der Waals surface area contributed by atoms with Gasteiger partial charge in [0.05, 0.1) is 23.0 Å². The van der Waals surface area contributed by atoms with Crippen LogP contribution in [0.3, 0.4) is 0 Å². The van der Waals surface area contributed by atoms with Gasteiger partial charge < -0.3 is 4.74 Å². The van der Waals surface area contributed by atoms with Crippen LogP contribution in [0.4, 0.5) is 0 Å². The molecule has 150 valence electrons. The number of ether oxygens (including phenoxy) is 1. The first kappa shape index (κ1) is 20.7. The Bertz CT molecular complexity index is 1060. The summed E-state index contributed by atoms with van der Waals surface area (Å²) in [5, 5.41) is 0. The molecule has 2 aromatic rings. The van der Waals surface area contributed by atoms with Crippen molar-refractivity contribution in [3.05, 3.63) is 71.8 Å². The molecule has 1 aliphatic heterocycles. The smallest absolute Gasteiger partial charge is 0.243 e. The minimum atomic E-state index is -3.71. The highest BCUT2D eigenvalue weighted by Crippen LogP contribution is 2.26.